The average Bonchev–Trinajstić information content (AvgIpc) is 2.56. The maximum Gasteiger partial charge on any atom is 0.0881 e. The minimum Gasteiger partial charge on any atom is -0.373 e. The van der Waals surface area contributed by atoms with Gasteiger partial charge in [0.2, 0.25) is 0 Å². The number of aryl methyl sites for hydroxylation is 1. The number of ether oxygens (including phenoxy) is 1. The lowest BCUT2D eigenvalue weighted by molar-refractivity contribution is 0.0971. The van der Waals surface area contributed by atoms with Crippen molar-refractivity contribution in [3.8, 4) is 0 Å². The van der Waals surface area contributed by atoms with Crippen LogP contribution in [0.4, 0.5) is 0 Å². The third-order valence-corrected chi connectivity index (χ3v) is 5.53. The Labute approximate surface area is 134 Å². The smallest absolute Gasteiger partial charge is 0.0881 e. The van der Waals surface area contributed by atoms with Crippen molar-refractivity contribution in [3.63, 3.8) is 0 Å². The van der Waals surface area contributed by atoms with Gasteiger partial charge >= 0.3 is 0 Å². The van der Waals surface area contributed by atoms with E-state index >= 15 is 0 Å². The molecule has 2 nitrogen and oxygen atoms in total. The highest BCUT2D eigenvalue weighted by Crippen LogP contribution is 2.30. The lowest BCUT2D eigenvalue weighted by Gasteiger charge is -2.27. The van der Waals surface area contributed by atoms with Crippen LogP contribution in [0.5, 0.6) is 0 Å². The Morgan fingerprint density at radius 3 is 2.41 bits per heavy atom. The van der Waals surface area contributed by atoms with Gasteiger partial charge in [0.05, 0.1) is 28.8 Å². The topological polar surface area (TPSA) is 26.3 Å². The summed E-state index contributed by atoms with van der Waals surface area (Å²) in [5, 5.41) is -0.124. The SMILES string of the molecule is Cc1ccc([S@](=O)[C@H]2CO[C@@H](C)C=C2c2ccccc2)cc1. The van der Waals surface area contributed by atoms with Crippen molar-refractivity contribution in [2.75, 3.05) is 6.61 Å². The number of hydrogen-bond acceptors (Lipinski definition) is 2. The molecule has 3 rings (SSSR count). The van der Waals surface area contributed by atoms with E-state index in [2.05, 4.69) is 18.2 Å². The lowest BCUT2D eigenvalue weighted by atomic mass is 9.99. The normalized spacial score (nSPS) is 22.9. The van der Waals surface area contributed by atoms with Crippen LogP contribution in [-0.2, 0) is 15.5 Å². The molecule has 0 amide bonds. The molecule has 0 bridgehead atoms. The van der Waals surface area contributed by atoms with Crippen LogP contribution < -0.4 is 0 Å². The minimum atomic E-state index is -1.12. The van der Waals surface area contributed by atoms with Crippen molar-refractivity contribution in [3.05, 3.63) is 71.8 Å². The van der Waals surface area contributed by atoms with Gasteiger partial charge < -0.3 is 4.74 Å². The van der Waals surface area contributed by atoms with Gasteiger partial charge in [-0.2, -0.15) is 0 Å². The van der Waals surface area contributed by atoms with Crippen LogP contribution in [0.15, 0.2) is 65.6 Å². The molecule has 2 aromatic carbocycles. The zero-order valence-electron chi connectivity index (χ0n) is 12.9. The second-order valence-corrected chi connectivity index (χ2v) is 7.26. The highest BCUT2D eigenvalue weighted by molar-refractivity contribution is 7.86. The molecule has 0 saturated carbocycles. The van der Waals surface area contributed by atoms with Crippen molar-refractivity contribution in [2.45, 2.75) is 30.1 Å². The minimum absolute atomic E-state index is 0.0569. The maximum atomic E-state index is 13.0. The molecule has 1 aliphatic heterocycles. The van der Waals surface area contributed by atoms with Gasteiger partial charge in [-0.1, -0.05) is 54.1 Å². The van der Waals surface area contributed by atoms with Crippen LogP contribution in [0, 0.1) is 6.92 Å². The van der Waals surface area contributed by atoms with Gasteiger partial charge in [-0.3, -0.25) is 4.21 Å². The van der Waals surface area contributed by atoms with Crippen LogP contribution in [0.25, 0.3) is 5.57 Å². The summed E-state index contributed by atoms with van der Waals surface area (Å²) in [5.74, 6) is 0. The van der Waals surface area contributed by atoms with E-state index in [1.807, 2.05) is 56.3 Å². The summed E-state index contributed by atoms with van der Waals surface area (Å²) in [6.07, 6.45) is 2.15. The zero-order chi connectivity index (χ0) is 15.5. The van der Waals surface area contributed by atoms with E-state index in [0.29, 0.717) is 6.61 Å². The summed E-state index contributed by atoms with van der Waals surface area (Å²) in [6.45, 7) is 4.55. The van der Waals surface area contributed by atoms with Gasteiger partial charge in [0, 0.05) is 4.90 Å². The highest BCUT2D eigenvalue weighted by atomic mass is 32.2. The Kier molecular flexibility index (Phi) is 4.55. The number of benzene rings is 2. The second-order valence-electron chi connectivity index (χ2n) is 5.63. The van der Waals surface area contributed by atoms with E-state index in [-0.39, 0.29) is 11.4 Å². The Balaban J connectivity index is 1.96. The molecule has 3 atom stereocenters. The van der Waals surface area contributed by atoms with Crippen molar-refractivity contribution < 1.29 is 8.95 Å². The van der Waals surface area contributed by atoms with Gasteiger partial charge in [-0.25, -0.2) is 0 Å². The molecule has 1 heterocycles. The van der Waals surface area contributed by atoms with Crippen molar-refractivity contribution >= 4 is 16.4 Å². The van der Waals surface area contributed by atoms with Gasteiger partial charge in [0.1, 0.15) is 0 Å². The Hall–Kier alpha value is -1.71. The fourth-order valence-corrected chi connectivity index (χ4v) is 4.04. The molecule has 0 aliphatic carbocycles. The van der Waals surface area contributed by atoms with Crippen molar-refractivity contribution in [2.24, 2.45) is 0 Å². The van der Waals surface area contributed by atoms with Crippen LogP contribution >= 0.6 is 0 Å². The third-order valence-electron chi connectivity index (χ3n) is 3.89. The second kappa shape index (κ2) is 6.59. The van der Waals surface area contributed by atoms with Crippen molar-refractivity contribution in [1.29, 1.82) is 0 Å². The molecule has 2 aromatic rings. The lowest BCUT2D eigenvalue weighted by Crippen LogP contribution is -2.30. The third kappa shape index (κ3) is 3.21. The average molecular weight is 312 g/mol. The van der Waals surface area contributed by atoms with Gasteiger partial charge in [-0.05, 0) is 37.1 Å². The predicted molar refractivity (Wildman–Crippen MR) is 91.2 cm³/mol. The monoisotopic (exact) mass is 312 g/mol. The molecular weight excluding hydrogens is 292 g/mol. The fourth-order valence-electron chi connectivity index (χ4n) is 2.66. The summed E-state index contributed by atoms with van der Waals surface area (Å²) < 4.78 is 18.7. The molecule has 0 fully saturated rings. The molecule has 22 heavy (non-hydrogen) atoms. The molecular formula is C19H20O2S. The molecule has 1 aliphatic rings. The first kappa shape index (κ1) is 15.2. The summed E-state index contributed by atoms with van der Waals surface area (Å²) in [7, 11) is -1.12. The number of rotatable bonds is 3. The van der Waals surface area contributed by atoms with Gasteiger partial charge in [-0.15, -0.1) is 0 Å². The van der Waals surface area contributed by atoms with Crippen LogP contribution in [0.1, 0.15) is 18.1 Å². The molecule has 0 spiro atoms. The van der Waals surface area contributed by atoms with Gasteiger partial charge in [0.25, 0.3) is 0 Å². The van der Waals surface area contributed by atoms with Crippen LogP contribution in [0.2, 0.25) is 0 Å². The molecule has 0 aromatic heterocycles. The zero-order valence-corrected chi connectivity index (χ0v) is 13.7. The predicted octanol–water partition coefficient (Wildman–Crippen LogP) is 3.97. The van der Waals surface area contributed by atoms with E-state index in [9.17, 15) is 4.21 Å². The van der Waals surface area contributed by atoms with Crippen molar-refractivity contribution in [1.82, 2.24) is 0 Å². The first-order chi connectivity index (χ1) is 10.6. The first-order valence-corrected chi connectivity index (χ1v) is 8.72. The largest absolute Gasteiger partial charge is 0.373 e. The Morgan fingerprint density at radius 1 is 1.05 bits per heavy atom. The summed E-state index contributed by atoms with van der Waals surface area (Å²) in [6, 6.07) is 18.1. The standard InChI is InChI=1S/C19H20O2S/c1-14-8-10-17(11-9-14)22(20)19-13-21-15(2)12-18(19)16-6-4-3-5-7-16/h3-12,15,19H,13H2,1-2H3/t15-,19-,22-/m0/s1. The summed E-state index contributed by atoms with van der Waals surface area (Å²) in [5.41, 5.74) is 3.43. The van der Waals surface area contributed by atoms with E-state index in [4.69, 9.17) is 4.74 Å². The van der Waals surface area contributed by atoms with Crippen LogP contribution in [-0.4, -0.2) is 22.2 Å². The Morgan fingerprint density at radius 2 is 1.73 bits per heavy atom. The molecule has 3 heteroatoms. The molecule has 114 valence electrons. The maximum absolute atomic E-state index is 13.0. The summed E-state index contributed by atoms with van der Waals surface area (Å²) in [4.78, 5) is 0.857. The molecule has 0 saturated heterocycles. The Bertz CT molecular complexity index is 689. The van der Waals surface area contributed by atoms with Crippen LogP contribution in [0.3, 0.4) is 0 Å². The van der Waals surface area contributed by atoms with E-state index in [1.54, 1.807) is 0 Å². The molecule has 0 N–H and O–H groups in total. The highest BCUT2D eigenvalue weighted by Gasteiger charge is 2.28. The van der Waals surface area contributed by atoms with Gasteiger partial charge in [0.15, 0.2) is 0 Å². The molecule has 0 unspecified atom stereocenters. The van der Waals surface area contributed by atoms with E-state index in [0.717, 1.165) is 16.0 Å². The van der Waals surface area contributed by atoms with E-state index < -0.39 is 10.8 Å². The number of hydrogen-bond donors (Lipinski definition) is 0. The quantitative estimate of drug-likeness (QED) is 0.857. The summed E-state index contributed by atoms with van der Waals surface area (Å²) >= 11 is 0. The fraction of sp³-hybridized carbons (Fsp3) is 0.263. The van der Waals surface area contributed by atoms with E-state index in [1.165, 1.54) is 5.56 Å². The molecule has 0 radical (unpaired) electrons. The first-order valence-electron chi connectivity index (χ1n) is 7.51.